The first-order valence-corrected chi connectivity index (χ1v) is 9.13. The fraction of sp³-hybridized carbons (Fsp3) is 0.286. The Morgan fingerprint density at radius 1 is 1.07 bits per heavy atom. The number of ether oxygens (including phenoxy) is 2. The Morgan fingerprint density at radius 3 is 2.46 bits per heavy atom. The Hall–Kier alpha value is -3.35. The first-order chi connectivity index (χ1) is 13.7. The second-order valence-electron chi connectivity index (χ2n) is 6.09. The van der Waals surface area contributed by atoms with Gasteiger partial charge in [0.25, 0.3) is 0 Å². The SMILES string of the molecule is CCOc1ccc(-c2noc(CNC(=O)CCc3ccc(OC)cc3)n2)cc1. The largest absolute Gasteiger partial charge is 0.497 e. The van der Waals surface area contributed by atoms with Crippen molar-refractivity contribution in [2.24, 2.45) is 0 Å². The van der Waals surface area contributed by atoms with Crippen LogP contribution in [0.2, 0.25) is 0 Å². The van der Waals surface area contributed by atoms with E-state index in [1.165, 1.54) is 0 Å². The van der Waals surface area contributed by atoms with Gasteiger partial charge < -0.3 is 19.3 Å². The number of hydrogen-bond acceptors (Lipinski definition) is 6. The molecular formula is C21H23N3O4. The quantitative estimate of drug-likeness (QED) is 0.611. The van der Waals surface area contributed by atoms with Crippen molar-refractivity contribution in [3.8, 4) is 22.9 Å². The monoisotopic (exact) mass is 381 g/mol. The molecule has 2 aromatic carbocycles. The van der Waals surface area contributed by atoms with E-state index in [9.17, 15) is 4.79 Å². The molecule has 0 saturated carbocycles. The Kier molecular flexibility index (Phi) is 6.62. The molecule has 0 radical (unpaired) electrons. The Balaban J connectivity index is 1.47. The number of rotatable bonds is 9. The molecule has 1 heterocycles. The summed E-state index contributed by atoms with van der Waals surface area (Å²) in [7, 11) is 1.63. The molecule has 1 aromatic heterocycles. The van der Waals surface area contributed by atoms with E-state index >= 15 is 0 Å². The van der Waals surface area contributed by atoms with E-state index in [0.29, 0.717) is 31.2 Å². The van der Waals surface area contributed by atoms with Crippen LogP contribution in [0.1, 0.15) is 24.8 Å². The minimum Gasteiger partial charge on any atom is -0.497 e. The molecule has 3 rings (SSSR count). The summed E-state index contributed by atoms with van der Waals surface area (Å²) in [6, 6.07) is 15.1. The summed E-state index contributed by atoms with van der Waals surface area (Å²) in [5.74, 6) is 2.36. The van der Waals surface area contributed by atoms with E-state index in [1.54, 1.807) is 7.11 Å². The third-order valence-electron chi connectivity index (χ3n) is 4.13. The number of amides is 1. The Morgan fingerprint density at radius 2 is 1.79 bits per heavy atom. The van der Waals surface area contributed by atoms with Crippen LogP contribution in [0.15, 0.2) is 53.1 Å². The van der Waals surface area contributed by atoms with E-state index in [4.69, 9.17) is 14.0 Å². The fourth-order valence-corrected chi connectivity index (χ4v) is 2.62. The summed E-state index contributed by atoms with van der Waals surface area (Å²) in [4.78, 5) is 16.4. The van der Waals surface area contributed by atoms with Gasteiger partial charge in [-0.05, 0) is 55.3 Å². The van der Waals surface area contributed by atoms with Gasteiger partial charge in [0.1, 0.15) is 11.5 Å². The first kappa shape index (κ1) is 19.4. The van der Waals surface area contributed by atoms with Crippen molar-refractivity contribution in [3.63, 3.8) is 0 Å². The summed E-state index contributed by atoms with van der Waals surface area (Å²) in [6.45, 7) is 2.75. The van der Waals surface area contributed by atoms with E-state index < -0.39 is 0 Å². The molecule has 0 fully saturated rings. The Bertz CT molecular complexity index is 889. The van der Waals surface area contributed by atoms with Gasteiger partial charge in [0.15, 0.2) is 0 Å². The van der Waals surface area contributed by atoms with Gasteiger partial charge in [0.2, 0.25) is 17.6 Å². The van der Waals surface area contributed by atoms with Crippen LogP contribution in [0, 0.1) is 0 Å². The van der Waals surface area contributed by atoms with E-state index in [-0.39, 0.29) is 12.5 Å². The van der Waals surface area contributed by atoms with Crippen molar-refractivity contribution in [2.45, 2.75) is 26.3 Å². The highest BCUT2D eigenvalue weighted by atomic mass is 16.5. The summed E-state index contributed by atoms with van der Waals surface area (Å²) in [5.41, 5.74) is 1.90. The number of nitrogens with zero attached hydrogens (tertiary/aromatic N) is 2. The number of nitrogens with one attached hydrogen (secondary N) is 1. The maximum absolute atomic E-state index is 12.0. The Labute approximate surface area is 163 Å². The summed E-state index contributed by atoms with van der Waals surface area (Å²) in [6.07, 6.45) is 1.03. The van der Waals surface area contributed by atoms with Crippen molar-refractivity contribution in [1.82, 2.24) is 15.5 Å². The predicted molar refractivity (Wildman–Crippen MR) is 104 cm³/mol. The van der Waals surface area contributed by atoms with Crippen LogP contribution in [-0.4, -0.2) is 29.8 Å². The number of aromatic nitrogens is 2. The second kappa shape index (κ2) is 9.55. The molecular weight excluding hydrogens is 358 g/mol. The van der Waals surface area contributed by atoms with Crippen LogP contribution in [0.4, 0.5) is 0 Å². The van der Waals surface area contributed by atoms with E-state index in [2.05, 4.69) is 15.5 Å². The highest BCUT2D eigenvalue weighted by Crippen LogP contribution is 2.20. The van der Waals surface area contributed by atoms with Gasteiger partial charge >= 0.3 is 0 Å². The lowest BCUT2D eigenvalue weighted by Gasteiger charge is -2.04. The molecule has 0 saturated heterocycles. The number of benzene rings is 2. The molecule has 0 spiro atoms. The molecule has 7 nitrogen and oxygen atoms in total. The standard InChI is InChI=1S/C21H23N3O4/c1-3-27-18-11-7-16(8-12-18)21-23-20(28-24-21)14-22-19(25)13-6-15-4-9-17(26-2)10-5-15/h4-5,7-12H,3,6,13-14H2,1-2H3,(H,22,25). The topological polar surface area (TPSA) is 86.5 Å². The molecule has 0 unspecified atom stereocenters. The van der Waals surface area contributed by atoms with Gasteiger partial charge in [0.05, 0.1) is 20.3 Å². The highest BCUT2D eigenvalue weighted by Gasteiger charge is 2.10. The average Bonchev–Trinajstić information content (AvgIpc) is 3.21. The van der Waals surface area contributed by atoms with Gasteiger partial charge in [0, 0.05) is 12.0 Å². The lowest BCUT2D eigenvalue weighted by molar-refractivity contribution is -0.121. The molecule has 1 N–H and O–H groups in total. The highest BCUT2D eigenvalue weighted by molar-refractivity contribution is 5.76. The molecule has 0 atom stereocenters. The molecule has 1 amide bonds. The molecule has 28 heavy (non-hydrogen) atoms. The van der Waals surface area contributed by atoms with Gasteiger partial charge in [-0.2, -0.15) is 4.98 Å². The molecule has 0 aliphatic carbocycles. The summed E-state index contributed by atoms with van der Waals surface area (Å²) in [5, 5.41) is 6.76. The fourth-order valence-electron chi connectivity index (χ4n) is 2.62. The maximum Gasteiger partial charge on any atom is 0.246 e. The zero-order valence-corrected chi connectivity index (χ0v) is 16.0. The van der Waals surface area contributed by atoms with Crippen molar-refractivity contribution in [1.29, 1.82) is 0 Å². The summed E-state index contributed by atoms with van der Waals surface area (Å²) < 4.78 is 15.8. The molecule has 146 valence electrons. The number of aryl methyl sites for hydroxylation is 1. The van der Waals surface area contributed by atoms with Gasteiger partial charge in [-0.25, -0.2) is 0 Å². The third-order valence-corrected chi connectivity index (χ3v) is 4.13. The summed E-state index contributed by atoms with van der Waals surface area (Å²) >= 11 is 0. The lowest BCUT2D eigenvalue weighted by atomic mass is 10.1. The normalized spacial score (nSPS) is 10.5. The smallest absolute Gasteiger partial charge is 0.246 e. The molecule has 0 aliphatic rings. The molecule has 0 aliphatic heterocycles. The van der Waals surface area contributed by atoms with E-state index in [1.807, 2.05) is 55.5 Å². The van der Waals surface area contributed by atoms with Crippen LogP contribution in [0.25, 0.3) is 11.4 Å². The number of methoxy groups -OCH3 is 1. The van der Waals surface area contributed by atoms with Crippen LogP contribution < -0.4 is 14.8 Å². The van der Waals surface area contributed by atoms with Crippen LogP contribution in [0.5, 0.6) is 11.5 Å². The van der Waals surface area contributed by atoms with Gasteiger partial charge in [-0.3, -0.25) is 4.79 Å². The molecule has 0 bridgehead atoms. The number of carbonyl (C=O) groups excluding carboxylic acids is 1. The predicted octanol–water partition coefficient (Wildman–Crippen LogP) is 3.39. The minimum atomic E-state index is -0.0726. The van der Waals surface area contributed by atoms with Crippen molar-refractivity contribution in [3.05, 3.63) is 60.0 Å². The molecule has 7 heteroatoms. The lowest BCUT2D eigenvalue weighted by Crippen LogP contribution is -2.23. The maximum atomic E-state index is 12.0. The van der Waals surface area contributed by atoms with Crippen LogP contribution in [-0.2, 0) is 17.8 Å². The van der Waals surface area contributed by atoms with Crippen molar-refractivity contribution in [2.75, 3.05) is 13.7 Å². The average molecular weight is 381 g/mol. The number of carbonyl (C=O) groups is 1. The first-order valence-electron chi connectivity index (χ1n) is 9.13. The second-order valence-corrected chi connectivity index (χ2v) is 6.09. The minimum absolute atomic E-state index is 0.0726. The van der Waals surface area contributed by atoms with E-state index in [0.717, 1.165) is 22.6 Å². The van der Waals surface area contributed by atoms with Gasteiger partial charge in [-0.1, -0.05) is 17.3 Å². The van der Waals surface area contributed by atoms with Gasteiger partial charge in [-0.15, -0.1) is 0 Å². The molecule has 3 aromatic rings. The third kappa shape index (κ3) is 5.33. The van der Waals surface area contributed by atoms with Crippen LogP contribution in [0.3, 0.4) is 0 Å². The zero-order valence-electron chi connectivity index (χ0n) is 16.0. The van der Waals surface area contributed by atoms with Crippen molar-refractivity contribution >= 4 is 5.91 Å². The van der Waals surface area contributed by atoms with Crippen LogP contribution >= 0.6 is 0 Å². The zero-order chi connectivity index (χ0) is 19.8. The number of hydrogen-bond donors (Lipinski definition) is 1. The van der Waals surface area contributed by atoms with Crippen molar-refractivity contribution < 1.29 is 18.8 Å².